The summed E-state index contributed by atoms with van der Waals surface area (Å²) in [6.45, 7) is 3.35. The van der Waals surface area contributed by atoms with E-state index in [0.29, 0.717) is 6.42 Å². The highest BCUT2D eigenvalue weighted by Gasteiger charge is 2.27. The Morgan fingerprint density at radius 2 is 1.72 bits per heavy atom. The second kappa shape index (κ2) is 9.11. The smallest absolute Gasteiger partial charge is 0.151 e. The van der Waals surface area contributed by atoms with E-state index >= 15 is 0 Å². The van der Waals surface area contributed by atoms with E-state index in [1.165, 1.54) is 12.1 Å². The van der Waals surface area contributed by atoms with Crippen molar-refractivity contribution < 1.29 is 9.50 Å². The van der Waals surface area contributed by atoms with Crippen molar-refractivity contribution in [2.75, 3.05) is 31.1 Å². The largest absolute Gasteiger partial charge is 0.396 e. The Bertz CT molecular complexity index is 902. The van der Waals surface area contributed by atoms with Crippen molar-refractivity contribution in [3.05, 3.63) is 78.1 Å². The predicted molar refractivity (Wildman–Crippen MR) is 112 cm³/mol. The zero-order chi connectivity index (χ0) is 20.1. The van der Waals surface area contributed by atoms with Crippen LogP contribution in [0.2, 0.25) is 0 Å². The quantitative estimate of drug-likeness (QED) is 0.697. The molecule has 2 aromatic carbocycles. The molecule has 1 aliphatic heterocycles. The molecular formula is C23H25FN4O. The maximum absolute atomic E-state index is 13.2. The first-order chi connectivity index (χ1) is 14.2. The lowest BCUT2D eigenvalue weighted by molar-refractivity contribution is 0.135. The molecule has 0 saturated carbocycles. The Hall–Kier alpha value is -2.83. The highest BCUT2D eigenvalue weighted by atomic mass is 19.1. The van der Waals surface area contributed by atoms with Gasteiger partial charge in [-0.15, -0.1) is 10.2 Å². The van der Waals surface area contributed by atoms with E-state index in [1.54, 1.807) is 0 Å². The lowest BCUT2D eigenvalue weighted by Crippen LogP contribution is -2.53. The van der Waals surface area contributed by atoms with Gasteiger partial charge in [0.05, 0.1) is 5.69 Å². The van der Waals surface area contributed by atoms with E-state index in [9.17, 15) is 9.50 Å². The predicted octanol–water partition coefficient (Wildman–Crippen LogP) is 3.36. The summed E-state index contributed by atoms with van der Waals surface area (Å²) >= 11 is 0. The van der Waals surface area contributed by atoms with Crippen molar-refractivity contribution in [2.24, 2.45) is 0 Å². The van der Waals surface area contributed by atoms with Crippen LogP contribution >= 0.6 is 0 Å². The second-order valence-electron chi connectivity index (χ2n) is 7.35. The van der Waals surface area contributed by atoms with Gasteiger partial charge in [0.2, 0.25) is 0 Å². The van der Waals surface area contributed by atoms with Crippen LogP contribution in [-0.2, 0) is 6.54 Å². The molecule has 0 aliphatic carbocycles. The van der Waals surface area contributed by atoms with Gasteiger partial charge in [-0.05, 0) is 36.2 Å². The zero-order valence-corrected chi connectivity index (χ0v) is 16.3. The molecule has 3 aromatic rings. The number of rotatable bonds is 6. The fourth-order valence-electron chi connectivity index (χ4n) is 3.81. The minimum Gasteiger partial charge on any atom is -0.396 e. The van der Waals surface area contributed by atoms with E-state index < -0.39 is 0 Å². The number of piperazine rings is 1. The molecule has 2 heterocycles. The average molecular weight is 392 g/mol. The van der Waals surface area contributed by atoms with Crippen LogP contribution in [0.15, 0.2) is 66.7 Å². The highest BCUT2D eigenvalue weighted by Crippen LogP contribution is 2.22. The summed E-state index contributed by atoms with van der Waals surface area (Å²) in [7, 11) is 0. The van der Waals surface area contributed by atoms with Crippen molar-refractivity contribution in [1.29, 1.82) is 0 Å². The summed E-state index contributed by atoms with van der Waals surface area (Å²) in [5, 5.41) is 18.4. The standard InChI is InChI=1S/C23H25FN4O/c24-20-8-6-18(7-9-20)16-27-13-14-28(17-21(27)12-15-29)23-11-10-22(25-26-23)19-4-2-1-3-5-19/h1-11,21,29H,12-17H2. The number of anilines is 1. The Balaban J connectivity index is 1.44. The average Bonchev–Trinajstić information content (AvgIpc) is 2.77. The summed E-state index contributed by atoms with van der Waals surface area (Å²) in [5.74, 6) is 0.636. The van der Waals surface area contributed by atoms with Gasteiger partial charge in [-0.3, -0.25) is 4.90 Å². The van der Waals surface area contributed by atoms with Gasteiger partial charge in [-0.25, -0.2) is 4.39 Å². The summed E-state index contributed by atoms with van der Waals surface area (Å²) < 4.78 is 13.2. The first-order valence-corrected chi connectivity index (χ1v) is 9.96. The number of aromatic nitrogens is 2. The molecular weight excluding hydrogens is 367 g/mol. The van der Waals surface area contributed by atoms with Crippen molar-refractivity contribution in [1.82, 2.24) is 15.1 Å². The highest BCUT2D eigenvalue weighted by molar-refractivity contribution is 5.59. The van der Waals surface area contributed by atoms with Crippen LogP contribution in [0.5, 0.6) is 0 Å². The molecule has 0 spiro atoms. The van der Waals surface area contributed by atoms with Crippen molar-refractivity contribution in [3.8, 4) is 11.3 Å². The van der Waals surface area contributed by atoms with Gasteiger partial charge >= 0.3 is 0 Å². The van der Waals surface area contributed by atoms with Gasteiger partial charge < -0.3 is 10.0 Å². The number of aliphatic hydroxyl groups is 1. The lowest BCUT2D eigenvalue weighted by atomic mass is 10.1. The van der Waals surface area contributed by atoms with Crippen LogP contribution in [0.1, 0.15) is 12.0 Å². The number of hydrogen-bond acceptors (Lipinski definition) is 5. The van der Waals surface area contributed by atoms with Crippen LogP contribution < -0.4 is 4.90 Å². The van der Waals surface area contributed by atoms with Gasteiger partial charge in [-0.1, -0.05) is 42.5 Å². The summed E-state index contributed by atoms with van der Waals surface area (Å²) in [4.78, 5) is 4.58. The fourth-order valence-corrected chi connectivity index (χ4v) is 3.81. The van der Waals surface area contributed by atoms with Crippen LogP contribution in [0.3, 0.4) is 0 Å². The second-order valence-corrected chi connectivity index (χ2v) is 7.35. The SMILES string of the molecule is OCCC1CN(c2ccc(-c3ccccc3)nn2)CCN1Cc1ccc(F)cc1. The molecule has 0 radical (unpaired) electrons. The molecule has 150 valence electrons. The van der Waals surface area contributed by atoms with Crippen molar-refractivity contribution in [3.63, 3.8) is 0 Å². The Kier molecular flexibility index (Phi) is 6.12. The van der Waals surface area contributed by atoms with Gasteiger partial charge in [0, 0.05) is 44.4 Å². The molecule has 0 amide bonds. The molecule has 1 aliphatic rings. The van der Waals surface area contributed by atoms with E-state index in [-0.39, 0.29) is 18.5 Å². The van der Waals surface area contributed by atoms with E-state index in [4.69, 9.17) is 0 Å². The van der Waals surface area contributed by atoms with E-state index in [2.05, 4.69) is 20.0 Å². The molecule has 1 aromatic heterocycles. The number of nitrogens with zero attached hydrogens (tertiary/aromatic N) is 4. The van der Waals surface area contributed by atoms with Crippen LogP contribution in [0.25, 0.3) is 11.3 Å². The minimum atomic E-state index is -0.219. The third kappa shape index (κ3) is 4.78. The maximum atomic E-state index is 13.2. The molecule has 1 unspecified atom stereocenters. The number of benzene rings is 2. The number of halogens is 1. The molecule has 1 saturated heterocycles. The van der Waals surface area contributed by atoms with E-state index in [1.807, 2.05) is 54.6 Å². The Morgan fingerprint density at radius 3 is 2.41 bits per heavy atom. The molecule has 29 heavy (non-hydrogen) atoms. The van der Waals surface area contributed by atoms with Gasteiger partial charge in [0.1, 0.15) is 5.82 Å². The number of aliphatic hydroxyl groups excluding tert-OH is 1. The molecule has 6 heteroatoms. The summed E-state index contributed by atoms with van der Waals surface area (Å²) in [6, 6.07) is 20.9. The van der Waals surface area contributed by atoms with E-state index in [0.717, 1.165) is 48.8 Å². The van der Waals surface area contributed by atoms with Crippen LogP contribution in [0, 0.1) is 5.82 Å². The zero-order valence-electron chi connectivity index (χ0n) is 16.3. The summed E-state index contributed by atoms with van der Waals surface area (Å²) in [6.07, 6.45) is 0.688. The third-order valence-corrected chi connectivity index (χ3v) is 5.41. The monoisotopic (exact) mass is 392 g/mol. The molecule has 0 bridgehead atoms. The van der Waals surface area contributed by atoms with Crippen LogP contribution in [0.4, 0.5) is 10.2 Å². The normalized spacial score (nSPS) is 17.4. The third-order valence-electron chi connectivity index (χ3n) is 5.41. The Labute approximate surface area is 170 Å². The van der Waals surface area contributed by atoms with Gasteiger partial charge in [0.25, 0.3) is 0 Å². The Morgan fingerprint density at radius 1 is 0.931 bits per heavy atom. The first-order valence-electron chi connectivity index (χ1n) is 9.96. The molecule has 1 atom stereocenters. The number of hydrogen-bond donors (Lipinski definition) is 1. The minimum absolute atomic E-state index is 0.136. The molecule has 4 rings (SSSR count). The molecule has 1 N–H and O–H groups in total. The van der Waals surface area contributed by atoms with Crippen molar-refractivity contribution >= 4 is 5.82 Å². The maximum Gasteiger partial charge on any atom is 0.151 e. The first kappa shape index (κ1) is 19.5. The topological polar surface area (TPSA) is 52.5 Å². The van der Waals surface area contributed by atoms with Gasteiger partial charge in [0.15, 0.2) is 5.82 Å². The van der Waals surface area contributed by atoms with Gasteiger partial charge in [-0.2, -0.15) is 0 Å². The summed E-state index contributed by atoms with van der Waals surface area (Å²) in [5.41, 5.74) is 2.99. The molecule has 5 nitrogen and oxygen atoms in total. The molecule has 1 fully saturated rings. The van der Waals surface area contributed by atoms with Crippen molar-refractivity contribution in [2.45, 2.75) is 19.0 Å². The fraction of sp³-hybridized carbons (Fsp3) is 0.304. The van der Waals surface area contributed by atoms with Crippen LogP contribution in [-0.4, -0.2) is 52.5 Å². The lowest BCUT2D eigenvalue weighted by Gasteiger charge is -2.41.